The maximum absolute atomic E-state index is 5.79. The second-order valence-electron chi connectivity index (χ2n) is 4.91. The maximum Gasteiger partial charge on any atom is 0.161 e. The molecule has 116 valence electrons. The van der Waals surface area contributed by atoms with E-state index in [0.29, 0.717) is 0 Å². The van der Waals surface area contributed by atoms with Gasteiger partial charge in [0.05, 0.1) is 29.7 Å². The fourth-order valence-corrected chi connectivity index (χ4v) is 3.31. The molecule has 2 aromatic rings. The van der Waals surface area contributed by atoms with E-state index in [1.807, 2.05) is 18.8 Å². The molecule has 0 bridgehead atoms. The number of nitrogens with zero attached hydrogens (tertiary/aromatic N) is 3. The number of thiophene rings is 1. The van der Waals surface area contributed by atoms with Crippen LogP contribution in [0.2, 0.25) is 0 Å². The third kappa shape index (κ3) is 3.83. The Morgan fingerprint density at radius 1 is 1.57 bits per heavy atom. The third-order valence-electron chi connectivity index (χ3n) is 3.19. The van der Waals surface area contributed by atoms with Crippen LogP contribution >= 0.6 is 27.3 Å². The van der Waals surface area contributed by atoms with Crippen molar-refractivity contribution in [3.8, 4) is 5.75 Å². The minimum Gasteiger partial charge on any atom is -0.493 e. The van der Waals surface area contributed by atoms with Gasteiger partial charge in [-0.15, -0.1) is 11.3 Å². The molecule has 2 aromatic heterocycles. The quantitative estimate of drug-likeness (QED) is 0.572. The monoisotopic (exact) mass is 373 g/mol. The van der Waals surface area contributed by atoms with E-state index in [1.165, 1.54) is 0 Å². The number of hydrogen-bond donors (Lipinski definition) is 2. The van der Waals surface area contributed by atoms with Crippen molar-refractivity contribution in [1.29, 1.82) is 0 Å². The van der Waals surface area contributed by atoms with Gasteiger partial charge in [0, 0.05) is 6.54 Å². The Morgan fingerprint density at radius 2 is 2.33 bits per heavy atom. The minimum absolute atomic E-state index is 0.160. The SMILES string of the molecule is COc1cnn(CCN(C)C)c1C(NN)c1csc(Br)c1. The molecule has 0 amide bonds. The molecule has 0 radical (unpaired) electrons. The van der Waals surface area contributed by atoms with Crippen LogP contribution in [0.3, 0.4) is 0 Å². The summed E-state index contributed by atoms with van der Waals surface area (Å²) in [4.78, 5) is 2.12. The van der Waals surface area contributed by atoms with Gasteiger partial charge >= 0.3 is 0 Å². The van der Waals surface area contributed by atoms with E-state index in [1.54, 1.807) is 24.6 Å². The molecule has 0 spiro atoms. The molecule has 0 saturated carbocycles. The Kier molecular flexibility index (Phi) is 5.77. The summed E-state index contributed by atoms with van der Waals surface area (Å²) in [6.07, 6.45) is 1.73. The molecule has 0 aliphatic heterocycles. The van der Waals surface area contributed by atoms with Crippen LogP contribution in [-0.4, -0.2) is 42.4 Å². The number of hydrazine groups is 1. The lowest BCUT2D eigenvalue weighted by atomic mass is 10.1. The lowest BCUT2D eigenvalue weighted by molar-refractivity contribution is 0.359. The normalized spacial score (nSPS) is 12.9. The number of hydrogen-bond acceptors (Lipinski definition) is 6. The van der Waals surface area contributed by atoms with Crippen molar-refractivity contribution in [2.75, 3.05) is 27.7 Å². The van der Waals surface area contributed by atoms with Crippen molar-refractivity contribution in [1.82, 2.24) is 20.1 Å². The van der Waals surface area contributed by atoms with Crippen molar-refractivity contribution in [2.24, 2.45) is 5.84 Å². The van der Waals surface area contributed by atoms with Gasteiger partial charge in [-0.3, -0.25) is 10.5 Å². The van der Waals surface area contributed by atoms with E-state index in [2.05, 4.69) is 42.8 Å². The molecular formula is C13H20BrN5OS. The highest BCUT2D eigenvalue weighted by atomic mass is 79.9. The second-order valence-corrected chi connectivity index (χ2v) is 7.20. The molecule has 2 rings (SSSR count). The molecule has 0 fully saturated rings. The predicted molar refractivity (Wildman–Crippen MR) is 88.5 cm³/mol. The Labute approximate surface area is 137 Å². The van der Waals surface area contributed by atoms with Crippen LogP contribution in [-0.2, 0) is 6.54 Å². The molecule has 6 nitrogen and oxygen atoms in total. The molecule has 3 N–H and O–H groups in total. The van der Waals surface area contributed by atoms with Gasteiger partial charge < -0.3 is 9.64 Å². The minimum atomic E-state index is -0.160. The Balaban J connectivity index is 2.36. The Hall–Kier alpha value is -0.930. The lowest BCUT2D eigenvalue weighted by Crippen LogP contribution is -2.31. The van der Waals surface area contributed by atoms with Crippen LogP contribution in [0.25, 0.3) is 0 Å². The van der Waals surface area contributed by atoms with Crippen LogP contribution < -0.4 is 16.0 Å². The van der Waals surface area contributed by atoms with Crippen LogP contribution in [0, 0.1) is 0 Å². The molecule has 8 heteroatoms. The smallest absolute Gasteiger partial charge is 0.161 e. The van der Waals surface area contributed by atoms with E-state index >= 15 is 0 Å². The van der Waals surface area contributed by atoms with Crippen LogP contribution in [0.5, 0.6) is 5.75 Å². The van der Waals surface area contributed by atoms with E-state index in [0.717, 1.165) is 33.9 Å². The van der Waals surface area contributed by atoms with E-state index in [-0.39, 0.29) is 6.04 Å². The molecule has 21 heavy (non-hydrogen) atoms. The fraction of sp³-hybridized carbons (Fsp3) is 0.462. The molecule has 0 aromatic carbocycles. The number of nitrogens with two attached hydrogens (primary N) is 1. The van der Waals surface area contributed by atoms with Gasteiger partial charge in [-0.05, 0) is 47.0 Å². The summed E-state index contributed by atoms with van der Waals surface area (Å²) >= 11 is 5.11. The van der Waals surface area contributed by atoms with E-state index < -0.39 is 0 Å². The molecule has 0 aliphatic carbocycles. The van der Waals surface area contributed by atoms with Crippen molar-refractivity contribution < 1.29 is 4.74 Å². The molecular weight excluding hydrogens is 354 g/mol. The van der Waals surface area contributed by atoms with E-state index in [4.69, 9.17) is 10.6 Å². The lowest BCUT2D eigenvalue weighted by Gasteiger charge is -2.19. The number of ether oxygens (including phenoxy) is 1. The molecule has 1 atom stereocenters. The standard InChI is InChI=1S/C13H20BrN5OS/c1-18(2)4-5-19-13(10(20-3)7-16-19)12(17-15)9-6-11(14)21-8-9/h6-8,12,17H,4-5,15H2,1-3H3. The predicted octanol–water partition coefficient (Wildman–Crippen LogP) is 1.83. The zero-order chi connectivity index (χ0) is 15.4. The first-order chi connectivity index (χ1) is 10.1. The summed E-state index contributed by atoms with van der Waals surface area (Å²) in [7, 11) is 5.72. The molecule has 2 heterocycles. The fourth-order valence-electron chi connectivity index (χ4n) is 2.11. The van der Waals surface area contributed by atoms with Crippen molar-refractivity contribution >= 4 is 27.3 Å². The summed E-state index contributed by atoms with van der Waals surface area (Å²) in [6.45, 7) is 1.66. The van der Waals surface area contributed by atoms with Gasteiger partial charge in [0.15, 0.2) is 5.75 Å². The van der Waals surface area contributed by atoms with Gasteiger partial charge in [-0.25, -0.2) is 5.43 Å². The summed E-state index contributed by atoms with van der Waals surface area (Å²) in [6, 6.07) is 1.89. The van der Waals surface area contributed by atoms with Gasteiger partial charge in [0.25, 0.3) is 0 Å². The molecule has 0 aliphatic rings. The topological polar surface area (TPSA) is 68.3 Å². The van der Waals surface area contributed by atoms with Gasteiger partial charge in [-0.1, -0.05) is 0 Å². The number of halogens is 1. The summed E-state index contributed by atoms with van der Waals surface area (Å²) in [5.41, 5.74) is 4.89. The van der Waals surface area contributed by atoms with Gasteiger partial charge in [0.2, 0.25) is 0 Å². The zero-order valence-corrected chi connectivity index (χ0v) is 14.7. The average molecular weight is 374 g/mol. The summed E-state index contributed by atoms with van der Waals surface area (Å²) in [5, 5.41) is 6.49. The number of nitrogens with one attached hydrogen (secondary N) is 1. The largest absolute Gasteiger partial charge is 0.493 e. The number of rotatable bonds is 7. The first-order valence-corrected chi connectivity index (χ1v) is 8.18. The first-order valence-electron chi connectivity index (χ1n) is 6.51. The maximum atomic E-state index is 5.79. The highest BCUT2D eigenvalue weighted by molar-refractivity contribution is 9.11. The van der Waals surface area contributed by atoms with Crippen molar-refractivity contribution in [3.05, 3.63) is 32.7 Å². The van der Waals surface area contributed by atoms with Crippen LogP contribution in [0.4, 0.5) is 0 Å². The molecule has 1 unspecified atom stereocenters. The highest BCUT2D eigenvalue weighted by Gasteiger charge is 2.23. The van der Waals surface area contributed by atoms with E-state index in [9.17, 15) is 0 Å². The van der Waals surface area contributed by atoms with Crippen LogP contribution in [0.15, 0.2) is 21.4 Å². The van der Waals surface area contributed by atoms with Gasteiger partial charge in [-0.2, -0.15) is 5.10 Å². The molecule has 0 saturated heterocycles. The van der Waals surface area contributed by atoms with Crippen LogP contribution in [0.1, 0.15) is 17.3 Å². The second kappa shape index (κ2) is 7.37. The van der Waals surface area contributed by atoms with Crippen molar-refractivity contribution in [2.45, 2.75) is 12.6 Å². The highest BCUT2D eigenvalue weighted by Crippen LogP contribution is 2.33. The average Bonchev–Trinajstić information content (AvgIpc) is 3.05. The zero-order valence-electron chi connectivity index (χ0n) is 12.3. The Bertz CT molecular complexity index is 583. The Morgan fingerprint density at radius 3 is 2.86 bits per heavy atom. The number of likely N-dealkylation sites (N-methyl/N-ethyl adjacent to an activating group) is 1. The first kappa shape index (κ1) is 16.4. The summed E-state index contributed by atoms with van der Waals surface area (Å²) in [5.74, 6) is 6.52. The number of aromatic nitrogens is 2. The number of methoxy groups -OCH3 is 1. The summed E-state index contributed by atoms with van der Waals surface area (Å²) < 4.78 is 8.45. The van der Waals surface area contributed by atoms with Crippen molar-refractivity contribution in [3.63, 3.8) is 0 Å². The third-order valence-corrected chi connectivity index (χ3v) is 4.71. The van der Waals surface area contributed by atoms with Gasteiger partial charge in [0.1, 0.15) is 5.69 Å².